The third-order valence-corrected chi connectivity index (χ3v) is 4.09. The Balaban J connectivity index is 1.86. The summed E-state index contributed by atoms with van der Waals surface area (Å²) in [6.45, 7) is 0. The molecule has 2 aromatic carbocycles. The summed E-state index contributed by atoms with van der Waals surface area (Å²) in [4.78, 5) is 11.2. The van der Waals surface area contributed by atoms with Crippen molar-refractivity contribution >= 4 is 23.2 Å². The van der Waals surface area contributed by atoms with Gasteiger partial charge < -0.3 is 0 Å². The second-order valence-electron chi connectivity index (χ2n) is 6.02. The van der Waals surface area contributed by atoms with E-state index in [4.69, 9.17) is 0 Å². The predicted molar refractivity (Wildman–Crippen MR) is 92.5 cm³/mol. The lowest BCUT2D eigenvalue weighted by molar-refractivity contribution is -0.144. The molecular formula is C19H9F6N4+. The molecule has 0 fully saturated rings. The topological polar surface area (TPSA) is 41.1 Å². The van der Waals surface area contributed by atoms with Gasteiger partial charge in [-0.15, -0.1) is 0 Å². The van der Waals surface area contributed by atoms with Crippen molar-refractivity contribution in [1.29, 1.82) is 0 Å². The molecule has 0 saturated carbocycles. The predicted octanol–water partition coefficient (Wildman–Crippen LogP) is 5.83. The maximum atomic E-state index is 13.3. The van der Waals surface area contributed by atoms with E-state index in [-0.39, 0.29) is 22.9 Å². The van der Waals surface area contributed by atoms with Crippen LogP contribution in [-0.4, -0.2) is 16.0 Å². The monoisotopic (exact) mass is 407 g/mol. The Morgan fingerprint density at radius 3 is 2.00 bits per heavy atom. The molecule has 1 aliphatic heterocycles. The van der Waals surface area contributed by atoms with E-state index in [2.05, 4.69) is 21.0 Å². The Morgan fingerprint density at radius 1 is 0.759 bits per heavy atom. The fourth-order valence-electron chi connectivity index (χ4n) is 2.75. The maximum Gasteiger partial charge on any atom is 0.468 e. The molecule has 4 nitrogen and oxygen atoms in total. The van der Waals surface area contributed by atoms with Crippen LogP contribution in [0.2, 0.25) is 0 Å². The Hall–Kier alpha value is -3.52. The minimum atomic E-state index is -4.83. The maximum absolute atomic E-state index is 13.3. The molecule has 4 rings (SSSR count). The number of alkyl halides is 6. The molecule has 0 amide bonds. The van der Waals surface area contributed by atoms with E-state index in [1.807, 2.05) is 0 Å². The number of hydrogen-bond acceptors (Lipinski definition) is 3. The van der Waals surface area contributed by atoms with E-state index in [1.165, 1.54) is 0 Å². The summed E-state index contributed by atoms with van der Waals surface area (Å²) in [5.74, 6) is -1.60. The lowest BCUT2D eigenvalue weighted by Gasteiger charge is -2.09. The van der Waals surface area contributed by atoms with Crippen LogP contribution in [0, 0.1) is 0 Å². The van der Waals surface area contributed by atoms with Gasteiger partial charge in [0, 0.05) is 5.56 Å². The third-order valence-electron chi connectivity index (χ3n) is 4.09. The molecule has 0 bridgehead atoms. The van der Waals surface area contributed by atoms with Crippen molar-refractivity contribution < 1.29 is 26.3 Å². The molecule has 3 aromatic rings. The van der Waals surface area contributed by atoms with Crippen molar-refractivity contribution in [3.05, 3.63) is 66.0 Å². The number of rotatable bonds is 2. The average molecular weight is 407 g/mol. The van der Waals surface area contributed by atoms with Gasteiger partial charge in [-0.1, -0.05) is 35.3 Å². The van der Waals surface area contributed by atoms with E-state index in [9.17, 15) is 26.3 Å². The van der Waals surface area contributed by atoms with Gasteiger partial charge in [0.1, 0.15) is 11.4 Å². The summed E-state index contributed by atoms with van der Waals surface area (Å²) in [6.07, 6.45) is -9.36. The van der Waals surface area contributed by atoms with Gasteiger partial charge in [-0.3, -0.25) is 0 Å². The summed E-state index contributed by atoms with van der Waals surface area (Å²) in [6, 6.07) is 14.4. The van der Waals surface area contributed by atoms with Gasteiger partial charge in [0.2, 0.25) is 6.01 Å². The normalized spacial score (nSPS) is 13.4. The van der Waals surface area contributed by atoms with Crippen molar-refractivity contribution in [2.24, 2.45) is 4.99 Å². The molecule has 0 radical (unpaired) electrons. The molecule has 1 aromatic heterocycles. The van der Waals surface area contributed by atoms with Crippen LogP contribution < -0.4 is 4.58 Å². The Kier molecular flexibility index (Phi) is 4.24. The Morgan fingerprint density at radius 2 is 1.41 bits per heavy atom. The van der Waals surface area contributed by atoms with Gasteiger partial charge in [0.05, 0.1) is 5.56 Å². The lowest BCUT2D eigenvalue weighted by Crippen LogP contribution is -2.14. The van der Waals surface area contributed by atoms with Gasteiger partial charge in [-0.2, -0.15) is 30.9 Å². The van der Waals surface area contributed by atoms with Crippen molar-refractivity contribution in [3.8, 4) is 11.3 Å². The molecule has 0 atom stereocenters. The summed E-state index contributed by atoms with van der Waals surface area (Å²) in [5, 5.41) is 0. The third kappa shape index (κ3) is 3.50. The van der Waals surface area contributed by atoms with Gasteiger partial charge in [-0.25, -0.2) is 4.98 Å². The first-order valence-electron chi connectivity index (χ1n) is 8.13. The number of aromatic nitrogens is 2. The van der Waals surface area contributed by atoms with Gasteiger partial charge in [0.15, 0.2) is 0 Å². The molecule has 10 heteroatoms. The molecule has 0 N–H and O–H groups in total. The zero-order chi connectivity index (χ0) is 20.8. The average Bonchev–Trinajstić information content (AvgIpc) is 3.11. The van der Waals surface area contributed by atoms with Crippen molar-refractivity contribution in [2.45, 2.75) is 12.4 Å². The highest BCUT2D eigenvalue weighted by Gasteiger charge is 2.42. The first kappa shape index (κ1) is 18.8. The second kappa shape index (κ2) is 6.52. The highest BCUT2D eigenvalue weighted by Crippen LogP contribution is 2.41. The SMILES string of the molecule is FC(F)(F)c1ccc([N+]2=C=Nc3c(-c4ccccc4)nc(C(F)(F)F)nc32)cc1. The Bertz CT molecular complexity index is 1140. The standard InChI is InChI=1S/C19H9F6N4/c20-18(21,22)12-6-8-13(9-7-12)29-10-26-15-14(11-4-2-1-3-5-11)27-17(19(23,24)25)28-16(15)29/h1-9H/q+1. The zero-order valence-electron chi connectivity index (χ0n) is 14.3. The summed E-state index contributed by atoms with van der Waals surface area (Å²) in [7, 11) is 0. The van der Waals surface area contributed by atoms with Gasteiger partial charge in [-0.05, 0) is 29.3 Å². The van der Waals surface area contributed by atoms with Crippen LogP contribution in [-0.2, 0) is 12.4 Å². The summed E-state index contributed by atoms with van der Waals surface area (Å²) >= 11 is 0. The fourth-order valence-corrected chi connectivity index (χ4v) is 2.75. The summed E-state index contributed by atoms with van der Waals surface area (Å²) < 4.78 is 79.4. The van der Waals surface area contributed by atoms with Crippen LogP contribution in [0.5, 0.6) is 0 Å². The minimum absolute atomic E-state index is 0.0455. The van der Waals surface area contributed by atoms with Crippen molar-refractivity contribution in [2.75, 3.05) is 0 Å². The molecule has 0 spiro atoms. The number of nitrogens with zero attached hydrogens (tertiary/aromatic N) is 4. The molecule has 29 heavy (non-hydrogen) atoms. The second-order valence-corrected chi connectivity index (χ2v) is 6.02. The van der Waals surface area contributed by atoms with Crippen LogP contribution in [0.25, 0.3) is 11.3 Å². The smallest absolute Gasteiger partial charge is 0.205 e. The molecule has 146 valence electrons. The highest BCUT2D eigenvalue weighted by atomic mass is 19.4. The molecular weight excluding hydrogens is 398 g/mol. The van der Waals surface area contributed by atoms with E-state index in [0.717, 1.165) is 28.8 Å². The van der Waals surface area contributed by atoms with Gasteiger partial charge >= 0.3 is 24.0 Å². The van der Waals surface area contributed by atoms with E-state index >= 15 is 0 Å². The largest absolute Gasteiger partial charge is 0.468 e. The number of benzene rings is 2. The summed E-state index contributed by atoms with van der Waals surface area (Å²) in [5.41, 5.74) is -0.377. The highest BCUT2D eigenvalue weighted by molar-refractivity contribution is 5.87. The molecule has 2 heterocycles. The molecule has 1 aliphatic rings. The quantitative estimate of drug-likeness (QED) is 0.310. The van der Waals surface area contributed by atoms with Crippen molar-refractivity contribution in [3.63, 3.8) is 0 Å². The number of hydrogen-bond donors (Lipinski definition) is 0. The van der Waals surface area contributed by atoms with Crippen LogP contribution in [0.1, 0.15) is 11.4 Å². The number of fused-ring (bicyclic) bond motifs is 1. The van der Waals surface area contributed by atoms with E-state index < -0.39 is 23.7 Å². The Labute approximate surface area is 159 Å². The first-order chi connectivity index (χ1) is 13.6. The van der Waals surface area contributed by atoms with Crippen molar-refractivity contribution in [1.82, 2.24) is 14.5 Å². The molecule has 0 aliphatic carbocycles. The number of aliphatic imine (C=N–C) groups is 1. The van der Waals surface area contributed by atoms with E-state index in [0.29, 0.717) is 5.56 Å². The molecule has 0 unspecified atom stereocenters. The zero-order valence-corrected chi connectivity index (χ0v) is 14.3. The van der Waals surface area contributed by atoms with Crippen LogP contribution in [0.15, 0.2) is 59.6 Å². The first-order valence-corrected chi connectivity index (χ1v) is 8.13. The van der Waals surface area contributed by atoms with E-state index in [1.54, 1.807) is 30.3 Å². The van der Waals surface area contributed by atoms with Gasteiger partial charge in [0.25, 0.3) is 5.69 Å². The van der Waals surface area contributed by atoms with Crippen LogP contribution >= 0.6 is 0 Å². The van der Waals surface area contributed by atoms with Crippen LogP contribution in [0.4, 0.5) is 43.5 Å². The van der Waals surface area contributed by atoms with Crippen LogP contribution in [0.3, 0.4) is 0 Å². The fraction of sp³-hybridized carbons (Fsp3) is 0.105. The lowest BCUT2D eigenvalue weighted by atomic mass is 10.1. The number of halogens is 6. The minimum Gasteiger partial charge on any atom is -0.205 e. The molecule has 0 saturated heterocycles.